The number of ether oxygens (including phenoxy) is 1. The Kier molecular flexibility index (Phi) is 10.3. The second-order valence-electron chi connectivity index (χ2n) is 7.53. The summed E-state index contributed by atoms with van der Waals surface area (Å²) in [5.74, 6) is 0.343. The largest absolute Gasteiger partial charge is 0.478 e. The van der Waals surface area contributed by atoms with Gasteiger partial charge in [0, 0.05) is 23.5 Å². The van der Waals surface area contributed by atoms with Crippen molar-refractivity contribution >= 4 is 27.4 Å². The first-order chi connectivity index (χ1) is 15.7. The minimum absolute atomic E-state index is 0.179. The summed E-state index contributed by atoms with van der Waals surface area (Å²) in [5, 5.41) is 0.855. The molecule has 0 bridgehead atoms. The van der Waals surface area contributed by atoms with Gasteiger partial charge in [-0.1, -0.05) is 35.4 Å². The Bertz CT molecular complexity index is 1170. The Morgan fingerprint density at radius 3 is 2.61 bits per heavy atom. The Balaban J connectivity index is 2.41. The quantitative estimate of drug-likeness (QED) is 0.342. The summed E-state index contributed by atoms with van der Waals surface area (Å²) in [6, 6.07) is 3.20. The number of alkyl halides is 2. The van der Waals surface area contributed by atoms with Gasteiger partial charge < -0.3 is 9.72 Å². The van der Waals surface area contributed by atoms with E-state index in [2.05, 4.69) is 15.0 Å². The summed E-state index contributed by atoms with van der Waals surface area (Å²) in [5.41, 5.74) is 1.11. The molecule has 2 unspecified atom stereocenters. The summed E-state index contributed by atoms with van der Waals surface area (Å²) < 4.78 is 33.9. The third-order valence-electron chi connectivity index (χ3n) is 4.74. The normalized spacial score (nSPS) is 13.6. The van der Waals surface area contributed by atoms with Gasteiger partial charge in [-0.15, -0.1) is 0 Å². The van der Waals surface area contributed by atoms with Crippen LogP contribution in [0, 0.1) is 0 Å². The van der Waals surface area contributed by atoms with Crippen molar-refractivity contribution in [3.05, 3.63) is 73.7 Å². The first-order valence-electron chi connectivity index (χ1n) is 10.5. The van der Waals surface area contributed by atoms with Gasteiger partial charge in [0.05, 0.1) is 17.8 Å². The molecule has 6 nitrogen and oxygen atoms in total. The molecule has 0 aliphatic carbocycles. The monoisotopic (exact) mass is 495 g/mol. The summed E-state index contributed by atoms with van der Waals surface area (Å²) in [4.78, 5) is 32.3. The highest BCUT2D eigenvalue weighted by atomic mass is 31.1. The van der Waals surface area contributed by atoms with Crippen molar-refractivity contribution in [2.24, 2.45) is 0 Å². The molecule has 2 heterocycles. The summed E-state index contributed by atoms with van der Waals surface area (Å²) >= 11 is 0. The number of nitrogens with zero attached hydrogens (tertiary/aromatic N) is 1. The van der Waals surface area contributed by atoms with Gasteiger partial charge in [0.1, 0.15) is 0 Å². The smallest absolute Gasteiger partial charge is 0.325 e. The summed E-state index contributed by atoms with van der Waals surface area (Å²) in [7, 11) is 0.679. The number of hydrogen-bond donors (Lipinski definition) is 2. The fourth-order valence-electron chi connectivity index (χ4n) is 3.05. The highest BCUT2D eigenvalue weighted by Gasteiger charge is 2.26. The van der Waals surface area contributed by atoms with E-state index in [9.17, 15) is 18.4 Å². The summed E-state index contributed by atoms with van der Waals surface area (Å²) in [6.45, 7) is 9.92. The predicted molar refractivity (Wildman–Crippen MR) is 135 cm³/mol. The molecule has 0 spiro atoms. The highest BCUT2D eigenvalue weighted by molar-refractivity contribution is 7.74. The van der Waals surface area contributed by atoms with E-state index < -0.39 is 23.3 Å². The number of hydrogen-bond acceptors (Lipinski definition) is 4. The second kappa shape index (κ2) is 12.7. The van der Waals surface area contributed by atoms with Gasteiger partial charge in [0.2, 0.25) is 12.3 Å². The molecule has 0 amide bonds. The SMILES string of the molecule is CCCOc1cc(C(PC(=PC)C(/C=C(\C)c2c[nH]c(=O)[nH]c2=O)=C(C)C)C(F)F)ccn1. The molecule has 2 atom stereocenters. The molecule has 2 aromatic heterocycles. The summed E-state index contributed by atoms with van der Waals surface area (Å²) in [6.07, 6.45) is 2.91. The number of aromatic amines is 2. The fraction of sp³-hybridized carbons (Fsp3) is 0.391. The Hall–Kier alpha value is -2.43. The zero-order valence-corrected chi connectivity index (χ0v) is 21.2. The van der Waals surface area contributed by atoms with Crippen LogP contribution in [0.4, 0.5) is 8.78 Å². The molecule has 2 aromatic rings. The van der Waals surface area contributed by atoms with Crippen LogP contribution >= 0.6 is 16.8 Å². The highest BCUT2D eigenvalue weighted by Crippen LogP contribution is 2.45. The van der Waals surface area contributed by atoms with Crippen LogP contribution in [-0.2, 0) is 0 Å². The molecule has 0 aliphatic heterocycles. The van der Waals surface area contributed by atoms with Crippen molar-refractivity contribution in [3.8, 4) is 5.88 Å². The second-order valence-corrected chi connectivity index (χ2v) is 10.3. The van der Waals surface area contributed by atoms with Gasteiger partial charge in [-0.25, -0.2) is 18.6 Å². The van der Waals surface area contributed by atoms with Gasteiger partial charge >= 0.3 is 5.69 Å². The molecular formula is C23H29F2N3O3P2. The van der Waals surface area contributed by atoms with Gasteiger partial charge in [-0.3, -0.25) is 9.78 Å². The van der Waals surface area contributed by atoms with Crippen molar-refractivity contribution in [2.75, 3.05) is 13.3 Å². The van der Waals surface area contributed by atoms with Crippen LogP contribution in [0.25, 0.3) is 5.57 Å². The molecule has 178 valence electrons. The molecule has 0 saturated heterocycles. The third-order valence-corrected chi connectivity index (χ3v) is 7.92. The van der Waals surface area contributed by atoms with Crippen molar-refractivity contribution in [2.45, 2.75) is 46.2 Å². The van der Waals surface area contributed by atoms with E-state index in [0.29, 0.717) is 29.2 Å². The van der Waals surface area contributed by atoms with Gasteiger partial charge in [0.25, 0.3) is 5.56 Å². The van der Waals surface area contributed by atoms with Crippen molar-refractivity contribution in [3.63, 3.8) is 0 Å². The molecule has 0 aromatic carbocycles. The Morgan fingerprint density at radius 1 is 1.30 bits per heavy atom. The minimum atomic E-state index is -2.56. The average Bonchev–Trinajstić information content (AvgIpc) is 2.76. The van der Waals surface area contributed by atoms with Crippen LogP contribution < -0.4 is 16.0 Å². The molecule has 0 fully saturated rings. The third kappa shape index (κ3) is 7.55. The van der Waals surface area contributed by atoms with Crippen LogP contribution in [0.15, 0.2) is 51.3 Å². The first-order valence-corrected chi connectivity index (χ1v) is 12.9. The number of rotatable bonds is 10. The lowest BCUT2D eigenvalue weighted by atomic mass is 10.1. The van der Waals surface area contributed by atoms with E-state index in [-0.39, 0.29) is 8.58 Å². The molecule has 0 saturated carbocycles. The van der Waals surface area contributed by atoms with Crippen LogP contribution in [-0.4, -0.2) is 39.7 Å². The fourth-order valence-corrected chi connectivity index (χ4v) is 5.76. The maximum absolute atomic E-state index is 14.2. The van der Waals surface area contributed by atoms with Crippen LogP contribution in [0.5, 0.6) is 5.88 Å². The van der Waals surface area contributed by atoms with E-state index in [1.807, 2.05) is 33.5 Å². The van der Waals surface area contributed by atoms with Crippen molar-refractivity contribution in [1.82, 2.24) is 15.0 Å². The van der Waals surface area contributed by atoms with E-state index >= 15 is 0 Å². The molecule has 33 heavy (non-hydrogen) atoms. The Morgan fingerprint density at radius 2 is 2.03 bits per heavy atom. The molecule has 2 N–H and O–H groups in total. The van der Waals surface area contributed by atoms with Gasteiger partial charge in [0.15, 0.2) is 0 Å². The first kappa shape index (κ1) is 26.8. The molecular weight excluding hydrogens is 466 g/mol. The predicted octanol–water partition coefficient (Wildman–Crippen LogP) is 5.38. The number of H-pyrrole nitrogens is 2. The van der Waals surface area contributed by atoms with E-state index in [1.54, 1.807) is 19.1 Å². The van der Waals surface area contributed by atoms with Gasteiger partial charge in [-0.2, -0.15) is 0 Å². The zero-order chi connectivity index (χ0) is 24.5. The topological polar surface area (TPSA) is 87.8 Å². The number of allylic oxidation sites excluding steroid dienone is 4. The standard InChI is InChI=1S/C23H29F2N3O3P2/c1-6-9-31-18-11-15(7-8-26-18)19(20(24)25)33-22(32-5)16(13(2)3)10-14(4)17-12-27-23(30)28-21(17)29/h7-8,10-12,19-20,33H,6,9H2,1-5H3,(H2,27,28,29,30)/b14-10+. The number of nitrogens with one attached hydrogen (secondary N) is 2. The molecule has 0 radical (unpaired) electrons. The van der Waals surface area contributed by atoms with Crippen LogP contribution in [0.3, 0.4) is 0 Å². The van der Waals surface area contributed by atoms with Crippen molar-refractivity contribution < 1.29 is 13.5 Å². The minimum Gasteiger partial charge on any atom is -0.478 e. The lowest BCUT2D eigenvalue weighted by Crippen LogP contribution is -2.23. The lowest BCUT2D eigenvalue weighted by molar-refractivity contribution is 0.144. The molecule has 0 aliphatic rings. The lowest BCUT2D eigenvalue weighted by Gasteiger charge is -2.20. The maximum Gasteiger partial charge on any atom is 0.325 e. The van der Waals surface area contributed by atoms with E-state index in [4.69, 9.17) is 4.74 Å². The number of halogens is 2. The molecule has 10 heteroatoms. The van der Waals surface area contributed by atoms with E-state index in [1.165, 1.54) is 12.4 Å². The van der Waals surface area contributed by atoms with Crippen molar-refractivity contribution in [1.29, 1.82) is 0 Å². The Labute approximate surface area is 195 Å². The maximum atomic E-state index is 14.2. The number of pyridine rings is 1. The molecule has 2 rings (SSSR count). The van der Waals surface area contributed by atoms with E-state index in [0.717, 1.165) is 30.8 Å². The van der Waals surface area contributed by atoms with Crippen LogP contribution in [0.1, 0.15) is 50.9 Å². The van der Waals surface area contributed by atoms with Gasteiger partial charge in [-0.05, 0) is 56.6 Å². The van der Waals surface area contributed by atoms with Crippen LogP contribution in [0.2, 0.25) is 0 Å². The number of aromatic nitrogens is 3. The average molecular weight is 495 g/mol. The zero-order valence-electron chi connectivity index (χ0n) is 19.3.